The van der Waals surface area contributed by atoms with E-state index in [0.29, 0.717) is 0 Å². The minimum atomic E-state index is 0. The maximum absolute atomic E-state index is 5.83. The number of rotatable bonds is 2. The molecule has 0 bridgehead atoms. The van der Waals surface area contributed by atoms with E-state index in [9.17, 15) is 0 Å². The van der Waals surface area contributed by atoms with E-state index in [-0.39, 0.29) is 24.2 Å². The second-order valence-corrected chi connectivity index (χ2v) is 5.09. The molecule has 90 valence electrons. The molecule has 1 aromatic carbocycles. The highest BCUT2D eigenvalue weighted by molar-refractivity contribution is 6.30. The summed E-state index contributed by atoms with van der Waals surface area (Å²) in [6, 6.07) is 7.91. The molecule has 1 aliphatic rings. The largest absolute Gasteiger partial charge is 0.361 e. The van der Waals surface area contributed by atoms with Crippen molar-refractivity contribution in [3.05, 3.63) is 34.9 Å². The van der Waals surface area contributed by atoms with Crippen molar-refractivity contribution >= 4 is 24.0 Å². The van der Waals surface area contributed by atoms with E-state index in [4.69, 9.17) is 16.3 Å². The lowest BCUT2D eigenvalue weighted by Gasteiger charge is -2.17. The number of nitrogens with one attached hydrogen (secondary N) is 1. The fourth-order valence-corrected chi connectivity index (χ4v) is 1.90. The number of benzene rings is 1. The Hall–Kier alpha value is -0.280. The first-order valence-corrected chi connectivity index (χ1v) is 5.57. The van der Waals surface area contributed by atoms with Crippen molar-refractivity contribution < 1.29 is 4.74 Å². The molecule has 4 heteroatoms. The SMILES string of the molecule is CC1(C)COC(Cc2ccc(Cl)cc2)N1.Cl. The lowest BCUT2D eigenvalue weighted by Crippen LogP contribution is -2.39. The smallest absolute Gasteiger partial charge is 0.112 e. The van der Waals surface area contributed by atoms with Gasteiger partial charge in [-0.1, -0.05) is 23.7 Å². The molecule has 0 spiro atoms. The van der Waals surface area contributed by atoms with Gasteiger partial charge in [-0.2, -0.15) is 0 Å². The molecule has 1 atom stereocenters. The second kappa shape index (κ2) is 5.37. The normalized spacial score (nSPS) is 22.8. The Morgan fingerprint density at radius 1 is 1.38 bits per heavy atom. The van der Waals surface area contributed by atoms with Gasteiger partial charge in [0.05, 0.1) is 6.61 Å². The molecule has 0 radical (unpaired) electrons. The summed E-state index contributed by atoms with van der Waals surface area (Å²) in [6.07, 6.45) is 1.02. The summed E-state index contributed by atoms with van der Waals surface area (Å²) >= 11 is 5.83. The highest BCUT2D eigenvalue weighted by Gasteiger charge is 2.30. The Morgan fingerprint density at radius 3 is 2.50 bits per heavy atom. The molecule has 0 amide bonds. The van der Waals surface area contributed by atoms with E-state index in [1.165, 1.54) is 5.56 Å². The van der Waals surface area contributed by atoms with Crippen LogP contribution in [0.15, 0.2) is 24.3 Å². The average molecular weight is 262 g/mol. The number of hydrogen-bond donors (Lipinski definition) is 1. The highest BCUT2D eigenvalue weighted by Crippen LogP contribution is 2.18. The first kappa shape index (κ1) is 13.8. The molecule has 1 heterocycles. The van der Waals surface area contributed by atoms with Crippen molar-refractivity contribution in [2.24, 2.45) is 0 Å². The molecule has 0 saturated carbocycles. The van der Waals surface area contributed by atoms with Crippen molar-refractivity contribution in [3.8, 4) is 0 Å². The average Bonchev–Trinajstić information content (AvgIpc) is 2.50. The third-order valence-electron chi connectivity index (χ3n) is 2.53. The van der Waals surface area contributed by atoms with Crippen molar-refractivity contribution in [1.82, 2.24) is 5.32 Å². The number of ether oxygens (including phenoxy) is 1. The molecule has 1 aliphatic heterocycles. The fourth-order valence-electron chi connectivity index (χ4n) is 1.77. The van der Waals surface area contributed by atoms with Crippen molar-refractivity contribution in [2.45, 2.75) is 32.0 Å². The summed E-state index contributed by atoms with van der Waals surface area (Å²) in [4.78, 5) is 0. The lowest BCUT2D eigenvalue weighted by atomic mass is 10.1. The van der Waals surface area contributed by atoms with Gasteiger partial charge in [-0.25, -0.2) is 0 Å². The molecule has 0 aromatic heterocycles. The van der Waals surface area contributed by atoms with Gasteiger partial charge in [-0.05, 0) is 31.5 Å². The first-order valence-electron chi connectivity index (χ1n) is 5.19. The predicted molar refractivity (Wildman–Crippen MR) is 69.4 cm³/mol. The molecule has 1 fully saturated rings. The summed E-state index contributed by atoms with van der Waals surface area (Å²) in [5.74, 6) is 0. The highest BCUT2D eigenvalue weighted by atomic mass is 35.5. The summed E-state index contributed by atoms with van der Waals surface area (Å²) in [5, 5.41) is 4.22. The predicted octanol–water partition coefficient (Wildman–Crippen LogP) is 3.03. The molecule has 16 heavy (non-hydrogen) atoms. The minimum Gasteiger partial charge on any atom is -0.361 e. The zero-order chi connectivity index (χ0) is 10.9. The molecular formula is C12H17Cl2NO. The molecule has 2 nitrogen and oxygen atoms in total. The summed E-state index contributed by atoms with van der Waals surface area (Å²) in [6.45, 7) is 5.06. The topological polar surface area (TPSA) is 21.3 Å². The molecule has 1 saturated heterocycles. The van der Waals surface area contributed by atoms with Crippen molar-refractivity contribution in [2.75, 3.05) is 6.61 Å². The Bertz CT molecular complexity index is 337. The third kappa shape index (κ3) is 3.63. The quantitative estimate of drug-likeness (QED) is 0.884. The Morgan fingerprint density at radius 2 is 2.00 bits per heavy atom. The van der Waals surface area contributed by atoms with Crippen molar-refractivity contribution in [1.29, 1.82) is 0 Å². The van der Waals surface area contributed by atoms with E-state index in [1.807, 2.05) is 24.3 Å². The van der Waals surface area contributed by atoms with Crippen molar-refractivity contribution in [3.63, 3.8) is 0 Å². The Labute approximate surface area is 108 Å². The van der Waals surface area contributed by atoms with E-state index >= 15 is 0 Å². The standard InChI is InChI=1S/C12H16ClNO.ClH/c1-12(2)8-15-11(14-12)7-9-3-5-10(13)6-4-9;/h3-6,11,14H,7-8H2,1-2H3;1H. The van der Waals surface area contributed by atoms with Gasteiger partial charge in [0.1, 0.15) is 6.23 Å². The Kier molecular flexibility index (Phi) is 4.62. The van der Waals surface area contributed by atoms with Gasteiger partial charge < -0.3 is 4.74 Å². The van der Waals surface area contributed by atoms with E-state index in [0.717, 1.165) is 18.1 Å². The first-order chi connectivity index (χ1) is 7.05. The zero-order valence-electron chi connectivity index (χ0n) is 9.50. The third-order valence-corrected chi connectivity index (χ3v) is 2.78. The summed E-state index contributed by atoms with van der Waals surface area (Å²) < 4.78 is 5.66. The van der Waals surface area contributed by atoms with Gasteiger partial charge in [0, 0.05) is 17.0 Å². The number of halogens is 2. The van der Waals surface area contributed by atoms with Crippen LogP contribution in [0.1, 0.15) is 19.4 Å². The van der Waals surface area contributed by atoms with Gasteiger partial charge in [-0.15, -0.1) is 12.4 Å². The molecule has 1 N–H and O–H groups in total. The number of hydrogen-bond acceptors (Lipinski definition) is 2. The molecule has 1 unspecified atom stereocenters. The van der Waals surface area contributed by atoms with E-state index in [2.05, 4.69) is 19.2 Å². The van der Waals surface area contributed by atoms with Gasteiger partial charge in [0.15, 0.2) is 0 Å². The monoisotopic (exact) mass is 261 g/mol. The van der Waals surface area contributed by atoms with E-state index in [1.54, 1.807) is 0 Å². The van der Waals surface area contributed by atoms with Crippen LogP contribution in [0.4, 0.5) is 0 Å². The van der Waals surface area contributed by atoms with Crippen LogP contribution >= 0.6 is 24.0 Å². The van der Waals surface area contributed by atoms with Gasteiger partial charge in [-0.3, -0.25) is 5.32 Å². The maximum Gasteiger partial charge on any atom is 0.112 e. The minimum absolute atomic E-state index is 0. The van der Waals surface area contributed by atoms with Crippen LogP contribution in [0, 0.1) is 0 Å². The zero-order valence-corrected chi connectivity index (χ0v) is 11.1. The fraction of sp³-hybridized carbons (Fsp3) is 0.500. The van der Waals surface area contributed by atoms with Crippen LogP contribution < -0.4 is 5.32 Å². The van der Waals surface area contributed by atoms with Crippen LogP contribution in [0.2, 0.25) is 5.02 Å². The van der Waals surface area contributed by atoms with Crippen LogP contribution in [0.5, 0.6) is 0 Å². The van der Waals surface area contributed by atoms with Crippen LogP contribution in [0.3, 0.4) is 0 Å². The van der Waals surface area contributed by atoms with Gasteiger partial charge >= 0.3 is 0 Å². The lowest BCUT2D eigenvalue weighted by molar-refractivity contribution is 0.0987. The summed E-state index contributed by atoms with van der Waals surface area (Å²) in [7, 11) is 0. The van der Waals surface area contributed by atoms with Crippen LogP contribution in [0.25, 0.3) is 0 Å². The second-order valence-electron chi connectivity index (χ2n) is 4.66. The van der Waals surface area contributed by atoms with Gasteiger partial charge in [0.25, 0.3) is 0 Å². The van der Waals surface area contributed by atoms with Gasteiger partial charge in [0.2, 0.25) is 0 Å². The molecule has 1 aromatic rings. The molecule has 2 rings (SSSR count). The van der Waals surface area contributed by atoms with Crippen LogP contribution in [-0.2, 0) is 11.2 Å². The van der Waals surface area contributed by atoms with E-state index < -0.39 is 0 Å². The maximum atomic E-state index is 5.83. The Balaban J connectivity index is 0.00000128. The molecular weight excluding hydrogens is 245 g/mol. The molecule has 0 aliphatic carbocycles. The summed E-state index contributed by atoms with van der Waals surface area (Å²) in [5.41, 5.74) is 1.34. The van der Waals surface area contributed by atoms with Crippen LogP contribution in [-0.4, -0.2) is 18.4 Å².